The summed E-state index contributed by atoms with van der Waals surface area (Å²) in [6.45, 7) is 0. The molecule has 0 saturated heterocycles. The summed E-state index contributed by atoms with van der Waals surface area (Å²) in [7, 11) is -1.76. The largest absolute Gasteiger partial charge is 0.497 e. The van der Waals surface area contributed by atoms with Gasteiger partial charge in [-0.05, 0) is 35.4 Å². The number of amides is 1. The van der Waals surface area contributed by atoms with E-state index < -0.39 is 10.0 Å². The van der Waals surface area contributed by atoms with Gasteiger partial charge in [0, 0.05) is 12.1 Å². The molecule has 28 heavy (non-hydrogen) atoms. The molecule has 2 aromatic carbocycles. The molecule has 148 valence electrons. The molecule has 3 rings (SSSR count). The maximum absolute atomic E-state index is 12.3. The van der Waals surface area contributed by atoms with E-state index in [4.69, 9.17) is 16.3 Å². The van der Waals surface area contributed by atoms with Crippen molar-refractivity contribution in [2.24, 2.45) is 5.10 Å². The number of methoxy groups -OCH3 is 1. The lowest BCUT2D eigenvalue weighted by molar-refractivity contribution is -0.130. The number of benzene rings is 2. The average Bonchev–Trinajstić information content (AvgIpc) is 3.12. The van der Waals surface area contributed by atoms with Crippen molar-refractivity contribution in [2.75, 3.05) is 24.0 Å². The minimum absolute atomic E-state index is 0.172. The molecule has 0 saturated carbocycles. The number of ether oxygens (including phenoxy) is 1. The van der Waals surface area contributed by atoms with E-state index in [9.17, 15) is 13.2 Å². The first-order valence-electron chi connectivity index (χ1n) is 8.48. The molecule has 7 nitrogen and oxygen atoms in total. The Morgan fingerprint density at radius 1 is 1.29 bits per heavy atom. The van der Waals surface area contributed by atoms with Gasteiger partial charge in [0.2, 0.25) is 10.0 Å². The van der Waals surface area contributed by atoms with Crippen LogP contribution >= 0.6 is 11.6 Å². The minimum Gasteiger partial charge on any atom is -0.497 e. The summed E-state index contributed by atoms with van der Waals surface area (Å²) in [6.07, 6.45) is 1.60. The Hall–Kier alpha value is -2.58. The molecule has 1 atom stereocenters. The van der Waals surface area contributed by atoms with Crippen LogP contribution in [0.1, 0.15) is 23.6 Å². The van der Waals surface area contributed by atoms with Crippen LogP contribution in [-0.4, -0.2) is 44.3 Å². The Balaban J connectivity index is 1.89. The third-order valence-electron chi connectivity index (χ3n) is 4.28. The van der Waals surface area contributed by atoms with E-state index in [0.717, 1.165) is 23.1 Å². The third-order valence-corrected chi connectivity index (χ3v) is 5.12. The molecule has 0 aliphatic carbocycles. The Morgan fingerprint density at radius 2 is 2.00 bits per heavy atom. The summed E-state index contributed by atoms with van der Waals surface area (Å²) >= 11 is 5.77. The molecule has 0 bridgehead atoms. The summed E-state index contributed by atoms with van der Waals surface area (Å²) in [5.41, 5.74) is 2.88. The Kier molecular flexibility index (Phi) is 5.90. The van der Waals surface area contributed by atoms with Gasteiger partial charge in [0.1, 0.15) is 11.6 Å². The van der Waals surface area contributed by atoms with E-state index in [2.05, 4.69) is 9.82 Å². The van der Waals surface area contributed by atoms with Gasteiger partial charge in [-0.1, -0.05) is 24.3 Å². The maximum Gasteiger partial charge on any atom is 0.258 e. The fraction of sp³-hybridized carbons (Fsp3) is 0.263. The molecular weight excluding hydrogens is 402 g/mol. The lowest BCUT2D eigenvalue weighted by atomic mass is 9.98. The van der Waals surface area contributed by atoms with Gasteiger partial charge in [0.25, 0.3) is 5.91 Å². The minimum atomic E-state index is -3.34. The first-order chi connectivity index (χ1) is 13.3. The van der Waals surface area contributed by atoms with Gasteiger partial charge < -0.3 is 4.74 Å². The fourth-order valence-electron chi connectivity index (χ4n) is 3.03. The second kappa shape index (κ2) is 8.20. The number of hydrogen-bond donors (Lipinski definition) is 1. The molecule has 0 spiro atoms. The molecule has 9 heteroatoms. The van der Waals surface area contributed by atoms with Crippen LogP contribution in [0, 0.1) is 0 Å². The fourth-order valence-corrected chi connectivity index (χ4v) is 3.72. The second-order valence-corrected chi connectivity index (χ2v) is 8.38. The van der Waals surface area contributed by atoms with Gasteiger partial charge in [0.05, 0.1) is 25.1 Å². The average molecular weight is 422 g/mol. The number of alkyl halides is 1. The number of nitrogens with one attached hydrogen (secondary N) is 1. The number of carbonyl (C=O) groups excluding carboxylic acids is 1. The Labute approximate surface area is 169 Å². The number of hydrogen-bond acceptors (Lipinski definition) is 5. The highest BCUT2D eigenvalue weighted by Crippen LogP contribution is 2.34. The summed E-state index contributed by atoms with van der Waals surface area (Å²) in [6, 6.07) is 14.0. The summed E-state index contributed by atoms with van der Waals surface area (Å²) in [5, 5.41) is 5.89. The highest BCUT2D eigenvalue weighted by atomic mass is 35.5. The van der Waals surface area contributed by atoms with Gasteiger partial charge in [-0.2, -0.15) is 5.10 Å². The third kappa shape index (κ3) is 4.63. The van der Waals surface area contributed by atoms with E-state index in [1.807, 2.05) is 24.3 Å². The smallest absolute Gasteiger partial charge is 0.258 e. The normalized spacial score (nSPS) is 16.6. The molecule has 0 radical (unpaired) electrons. The summed E-state index contributed by atoms with van der Waals surface area (Å²) < 4.78 is 30.4. The SMILES string of the molecule is COc1cccc([C@H]2CC(c3ccc(NS(C)(=O)=O)cc3)=NN2C(=O)CCl)c1. The van der Waals surface area contributed by atoms with Gasteiger partial charge in [-0.25, -0.2) is 13.4 Å². The predicted molar refractivity (Wildman–Crippen MR) is 109 cm³/mol. The van der Waals surface area contributed by atoms with Crippen molar-refractivity contribution >= 4 is 38.9 Å². The summed E-state index contributed by atoms with van der Waals surface area (Å²) in [5.74, 6) is 0.231. The van der Waals surface area contributed by atoms with E-state index in [1.54, 1.807) is 31.4 Å². The van der Waals surface area contributed by atoms with Crippen LogP contribution in [0.5, 0.6) is 5.75 Å². The topological polar surface area (TPSA) is 88.1 Å². The van der Waals surface area contributed by atoms with Gasteiger partial charge >= 0.3 is 0 Å². The van der Waals surface area contributed by atoms with E-state index in [-0.39, 0.29) is 17.8 Å². The molecule has 0 aromatic heterocycles. The highest BCUT2D eigenvalue weighted by Gasteiger charge is 2.32. The zero-order valence-corrected chi connectivity index (χ0v) is 17.0. The van der Waals surface area contributed by atoms with Crippen molar-refractivity contribution in [1.82, 2.24) is 5.01 Å². The molecule has 1 aliphatic heterocycles. The number of hydrazone groups is 1. The first kappa shape index (κ1) is 20.2. The van der Waals surface area contributed by atoms with Crippen LogP contribution in [0.4, 0.5) is 5.69 Å². The van der Waals surface area contributed by atoms with Crippen molar-refractivity contribution < 1.29 is 17.9 Å². The van der Waals surface area contributed by atoms with E-state index in [1.165, 1.54) is 5.01 Å². The van der Waals surface area contributed by atoms with Crippen molar-refractivity contribution in [2.45, 2.75) is 12.5 Å². The number of nitrogens with zero attached hydrogens (tertiary/aromatic N) is 2. The highest BCUT2D eigenvalue weighted by molar-refractivity contribution is 7.92. The van der Waals surface area contributed by atoms with Crippen LogP contribution < -0.4 is 9.46 Å². The number of anilines is 1. The van der Waals surface area contributed by atoms with Crippen LogP contribution in [0.25, 0.3) is 0 Å². The number of rotatable bonds is 6. The Bertz CT molecular complexity index is 1010. The van der Waals surface area contributed by atoms with Crippen molar-refractivity contribution in [3.05, 3.63) is 59.7 Å². The zero-order chi connectivity index (χ0) is 20.3. The lowest BCUT2D eigenvalue weighted by Crippen LogP contribution is -2.27. The molecule has 1 N–H and O–H groups in total. The quantitative estimate of drug-likeness (QED) is 0.726. The summed E-state index contributed by atoms with van der Waals surface area (Å²) in [4.78, 5) is 12.3. The number of sulfonamides is 1. The number of carbonyl (C=O) groups is 1. The standard InChI is InChI=1S/C19H20ClN3O4S/c1-27-16-5-3-4-14(10-16)18-11-17(21-23(18)19(24)12-20)13-6-8-15(9-7-13)22-28(2,25)26/h3-10,18,22H,11-12H2,1-2H3/t18-/m1/s1. The van der Waals surface area contributed by atoms with Crippen molar-refractivity contribution in [3.8, 4) is 5.75 Å². The maximum atomic E-state index is 12.3. The first-order valence-corrected chi connectivity index (χ1v) is 10.9. The van der Waals surface area contributed by atoms with Crippen LogP contribution in [0.2, 0.25) is 0 Å². The van der Waals surface area contributed by atoms with Crippen LogP contribution in [-0.2, 0) is 14.8 Å². The van der Waals surface area contributed by atoms with Crippen LogP contribution in [0.15, 0.2) is 53.6 Å². The zero-order valence-electron chi connectivity index (χ0n) is 15.4. The van der Waals surface area contributed by atoms with Crippen molar-refractivity contribution in [3.63, 3.8) is 0 Å². The molecule has 1 heterocycles. The molecule has 1 aliphatic rings. The van der Waals surface area contributed by atoms with Crippen molar-refractivity contribution in [1.29, 1.82) is 0 Å². The van der Waals surface area contributed by atoms with Gasteiger partial charge in [0.15, 0.2) is 0 Å². The van der Waals surface area contributed by atoms with E-state index in [0.29, 0.717) is 17.9 Å². The molecule has 1 amide bonds. The van der Waals surface area contributed by atoms with E-state index >= 15 is 0 Å². The predicted octanol–water partition coefficient (Wildman–Crippen LogP) is 2.98. The van der Waals surface area contributed by atoms with Crippen LogP contribution in [0.3, 0.4) is 0 Å². The monoisotopic (exact) mass is 421 g/mol. The molecular formula is C19H20ClN3O4S. The molecule has 0 unspecified atom stereocenters. The Morgan fingerprint density at radius 3 is 2.61 bits per heavy atom. The van der Waals surface area contributed by atoms with Gasteiger partial charge in [-0.3, -0.25) is 9.52 Å². The molecule has 0 fully saturated rings. The molecule has 2 aromatic rings. The number of halogens is 1. The van der Waals surface area contributed by atoms with Gasteiger partial charge in [-0.15, -0.1) is 11.6 Å². The lowest BCUT2D eigenvalue weighted by Gasteiger charge is -2.21. The second-order valence-electron chi connectivity index (χ2n) is 6.37.